The minimum Gasteiger partial charge on any atom is -0.353 e. The lowest BCUT2D eigenvalue weighted by Gasteiger charge is -2.36. The fourth-order valence-electron chi connectivity index (χ4n) is 4.39. The van der Waals surface area contributed by atoms with E-state index in [2.05, 4.69) is 5.32 Å². The van der Waals surface area contributed by atoms with Gasteiger partial charge in [-0.2, -0.15) is 5.10 Å². The number of nitro groups is 1. The quantitative estimate of drug-likeness (QED) is 0.413. The molecule has 2 heterocycles. The van der Waals surface area contributed by atoms with E-state index >= 15 is 0 Å². The number of hydrogen-bond donors (Lipinski definition) is 1. The Kier molecular flexibility index (Phi) is 7.19. The van der Waals surface area contributed by atoms with Crippen LogP contribution in [0.1, 0.15) is 39.2 Å². The van der Waals surface area contributed by atoms with Gasteiger partial charge in [-0.3, -0.25) is 19.7 Å². The maximum Gasteiger partial charge on any atom is 0.269 e. The zero-order valence-electron chi connectivity index (χ0n) is 20.8. The third-order valence-corrected chi connectivity index (χ3v) is 6.30. The van der Waals surface area contributed by atoms with Gasteiger partial charge in [0.25, 0.3) is 5.69 Å². The van der Waals surface area contributed by atoms with Gasteiger partial charge in [0.2, 0.25) is 11.8 Å². The van der Waals surface area contributed by atoms with E-state index in [1.807, 2.05) is 62.2 Å². The molecule has 3 aromatic rings. The molecule has 0 unspecified atom stereocenters. The molecule has 1 N–H and O–H groups in total. The molecule has 9 heteroatoms. The third kappa shape index (κ3) is 5.79. The van der Waals surface area contributed by atoms with E-state index in [9.17, 15) is 19.7 Å². The number of nitrogens with zero attached hydrogens (tertiary/aromatic N) is 4. The van der Waals surface area contributed by atoms with Crippen molar-refractivity contribution in [2.24, 2.45) is 5.41 Å². The number of nitro benzene ring substituents is 1. The second kappa shape index (κ2) is 10.3. The molecule has 1 aliphatic rings. The molecule has 4 rings (SSSR count). The molecular weight excluding hydrogens is 458 g/mol. The summed E-state index contributed by atoms with van der Waals surface area (Å²) in [5.74, 6) is 0.0136. The fourth-order valence-corrected chi connectivity index (χ4v) is 4.39. The first-order valence-electron chi connectivity index (χ1n) is 12.1. The predicted octanol–water partition coefficient (Wildman–Crippen LogP) is 4.14. The van der Waals surface area contributed by atoms with Crippen molar-refractivity contribution in [3.63, 3.8) is 0 Å². The van der Waals surface area contributed by atoms with Crippen molar-refractivity contribution < 1.29 is 14.5 Å². The number of hydrogen-bond acceptors (Lipinski definition) is 5. The van der Waals surface area contributed by atoms with Gasteiger partial charge >= 0.3 is 0 Å². The first kappa shape index (κ1) is 25.1. The van der Waals surface area contributed by atoms with Gasteiger partial charge in [-0.1, -0.05) is 39.0 Å². The summed E-state index contributed by atoms with van der Waals surface area (Å²) in [6.07, 6.45) is 3.38. The Bertz CT molecular complexity index is 1240. The first-order valence-corrected chi connectivity index (χ1v) is 12.1. The van der Waals surface area contributed by atoms with Gasteiger partial charge in [-0.05, 0) is 37.1 Å². The highest BCUT2D eigenvalue weighted by molar-refractivity contribution is 5.82. The van der Waals surface area contributed by atoms with Crippen LogP contribution in [0.5, 0.6) is 0 Å². The van der Waals surface area contributed by atoms with E-state index in [1.165, 1.54) is 12.1 Å². The van der Waals surface area contributed by atoms with Crippen LogP contribution in [0.3, 0.4) is 0 Å². The van der Waals surface area contributed by atoms with Crippen LogP contribution >= 0.6 is 0 Å². The van der Waals surface area contributed by atoms with Crippen LogP contribution in [-0.2, 0) is 16.0 Å². The lowest BCUT2D eigenvalue weighted by atomic mass is 9.93. The molecule has 1 saturated heterocycles. The molecule has 0 radical (unpaired) electrons. The van der Waals surface area contributed by atoms with Crippen molar-refractivity contribution in [3.05, 3.63) is 76.5 Å². The number of likely N-dealkylation sites (tertiary alicyclic amines) is 1. The summed E-state index contributed by atoms with van der Waals surface area (Å²) in [5.41, 5.74) is 2.47. The average molecular weight is 490 g/mol. The summed E-state index contributed by atoms with van der Waals surface area (Å²) in [6.45, 7) is 7.01. The number of piperidine rings is 1. The molecule has 2 aromatic carbocycles. The second-order valence-electron chi connectivity index (χ2n) is 10.1. The van der Waals surface area contributed by atoms with Gasteiger partial charge in [0.1, 0.15) is 0 Å². The molecule has 0 bridgehead atoms. The number of carbonyl (C=O) groups is 2. The van der Waals surface area contributed by atoms with E-state index in [-0.39, 0.29) is 30.0 Å². The number of carbonyl (C=O) groups excluding carboxylic acids is 2. The second-order valence-corrected chi connectivity index (χ2v) is 10.1. The van der Waals surface area contributed by atoms with Crippen molar-refractivity contribution in [3.8, 4) is 16.9 Å². The third-order valence-electron chi connectivity index (χ3n) is 6.30. The van der Waals surface area contributed by atoms with Gasteiger partial charge in [0.15, 0.2) is 0 Å². The monoisotopic (exact) mass is 489 g/mol. The largest absolute Gasteiger partial charge is 0.353 e. The van der Waals surface area contributed by atoms with Crippen LogP contribution in [0.15, 0.2) is 60.8 Å². The molecule has 0 aliphatic carbocycles. The Morgan fingerprint density at radius 1 is 1.06 bits per heavy atom. The molecule has 36 heavy (non-hydrogen) atoms. The number of non-ortho nitro benzene ring substituents is 1. The topological polar surface area (TPSA) is 110 Å². The average Bonchev–Trinajstić information content (AvgIpc) is 3.27. The highest BCUT2D eigenvalue weighted by atomic mass is 16.6. The molecule has 0 spiro atoms. The number of aromatic nitrogens is 2. The Balaban J connectivity index is 1.49. The minimum absolute atomic E-state index is 0.00294. The number of rotatable bonds is 6. The predicted molar refractivity (Wildman–Crippen MR) is 137 cm³/mol. The van der Waals surface area contributed by atoms with Crippen LogP contribution in [0.4, 0.5) is 5.69 Å². The number of benzene rings is 2. The minimum atomic E-state index is -0.443. The van der Waals surface area contributed by atoms with Gasteiger partial charge in [0.05, 0.1) is 22.7 Å². The van der Waals surface area contributed by atoms with Crippen LogP contribution in [0.2, 0.25) is 0 Å². The van der Waals surface area contributed by atoms with Gasteiger partial charge in [-0.15, -0.1) is 0 Å². The Hall–Kier alpha value is -4.01. The zero-order valence-corrected chi connectivity index (χ0v) is 20.8. The van der Waals surface area contributed by atoms with E-state index in [0.717, 1.165) is 11.3 Å². The standard InChI is InChI=1S/C27H31N5O4/c1-27(2,3)26(34)30-15-13-21(14-16-30)28-24(33)17-20-18-31(22-7-5-4-6-8-22)29-25(20)19-9-11-23(12-10-19)32(35)36/h4-12,18,21H,13-17H2,1-3H3,(H,28,33). The molecule has 2 amide bonds. The molecule has 1 aromatic heterocycles. The lowest BCUT2D eigenvalue weighted by Crippen LogP contribution is -2.49. The molecular formula is C27H31N5O4. The van der Waals surface area contributed by atoms with E-state index in [1.54, 1.807) is 16.8 Å². The summed E-state index contributed by atoms with van der Waals surface area (Å²) in [7, 11) is 0. The highest BCUT2D eigenvalue weighted by Gasteiger charge is 2.30. The Labute approximate surface area is 210 Å². The van der Waals surface area contributed by atoms with Gasteiger partial charge in [-0.25, -0.2) is 4.68 Å². The SMILES string of the molecule is CC(C)(C)C(=O)N1CCC(NC(=O)Cc2cn(-c3ccccc3)nc2-c2ccc([N+](=O)[O-])cc2)CC1. The van der Waals surface area contributed by atoms with Crippen LogP contribution in [-0.4, -0.2) is 50.5 Å². The zero-order chi connectivity index (χ0) is 25.9. The van der Waals surface area contributed by atoms with Crippen LogP contribution in [0, 0.1) is 15.5 Å². The Morgan fingerprint density at radius 3 is 2.28 bits per heavy atom. The number of nitrogens with one attached hydrogen (secondary N) is 1. The summed E-state index contributed by atoms with van der Waals surface area (Å²) >= 11 is 0. The lowest BCUT2D eigenvalue weighted by molar-refractivity contribution is -0.384. The first-order chi connectivity index (χ1) is 17.1. The molecule has 0 atom stereocenters. The number of amides is 2. The van der Waals surface area contributed by atoms with E-state index < -0.39 is 10.3 Å². The van der Waals surface area contributed by atoms with Crippen molar-refractivity contribution >= 4 is 17.5 Å². The van der Waals surface area contributed by atoms with Crippen molar-refractivity contribution in [1.82, 2.24) is 20.0 Å². The fraction of sp³-hybridized carbons (Fsp3) is 0.370. The van der Waals surface area contributed by atoms with Crippen molar-refractivity contribution in [1.29, 1.82) is 0 Å². The summed E-state index contributed by atoms with van der Waals surface area (Å²) in [4.78, 5) is 38.0. The smallest absolute Gasteiger partial charge is 0.269 e. The molecule has 1 aliphatic heterocycles. The number of para-hydroxylation sites is 1. The van der Waals surface area contributed by atoms with Crippen LogP contribution in [0.25, 0.3) is 16.9 Å². The molecule has 9 nitrogen and oxygen atoms in total. The normalized spacial score (nSPS) is 14.5. The maximum absolute atomic E-state index is 13.0. The van der Waals surface area contributed by atoms with Gasteiger partial charge < -0.3 is 10.2 Å². The van der Waals surface area contributed by atoms with E-state index in [4.69, 9.17) is 5.10 Å². The Morgan fingerprint density at radius 2 is 1.69 bits per heavy atom. The summed E-state index contributed by atoms with van der Waals surface area (Å²) < 4.78 is 1.72. The maximum atomic E-state index is 13.0. The highest BCUT2D eigenvalue weighted by Crippen LogP contribution is 2.27. The molecule has 188 valence electrons. The molecule has 1 fully saturated rings. The van der Waals surface area contributed by atoms with Crippen molar-refractivity contribution in [2.45, 2.75) is 46.1 Å². The van der Waals surface area contributed by atoms with E-state index in [0.29, 0.717) is 37.2 Å². The van der Waals surface area contributed by atoms with Crippen LogP contribution < -0.4 is 5.32 Å². The van der Waals surface area contributed by atoms with Crippen molar-refractivity contribution in [2.75, 3.05) is 13.1 Å². The molecule has 0 saturated carbocycles. The summed E-state index contributed by atoms with van der Waals surface area (Å²) in [6, 6.07) is 15.8. The summed E-state index contributed by atoms with van der Waals surface area (Å²) in [5, 5.41) is 18.9. The van der Waals surface area contributed by atoms with Gasteiger partial charge in [0, 0.05) is 54.0 Å².